The van der Waals surface area contributed by atoms with E-state index in [1.54, 1.807) is 0 Å². The zero-order chi connectivity index (χ0) is 12.4. The molecule has 1 aliphatic heterocycles. The van der Waals surface area contributed by atoms with E-state index in [2.05, 4.69) is 6.92 Å². The maximum atomic E-state index is 11.3. The van der Waals surface area contributed by atoms with Gasteiger partial charge >= 0.3 is 5.97 Å². The molecule has 2 aliphatic rings. The summed E-state index contributed by atoms with van der Waals surface area (Å²) in [5.74, 6) is -0.248. The summed E-state index contributed by atoms with van der Waals surface area (Å²) in [5.41, 5.74) is 0. The van der Waals surface area contributed by atoms with E-state index in [1.165, 1.54) is 0 Å². The van der Waals surface area contributed by atoms with Crippen LogP contribution in [0.4, 0.5) is 0 Å². The molecule has 4 nitrogen and oxygen atoms in total. The molecular formula is C13H23NO3. The van der Waals surface area contributed by atoms with Crippen LogP contribution in [0, 0.1) is 5.92 Å². The number of aliphatic carboxylic acids is 1. The zero-order valence-corrected chi connectivity index (χ0v) is 10.5. The van der Waals surface area contributed by atoms with Gasteiger partial charge in [-0.15, -0.1) is 0 Å². The van der Waals surface area contributed by atoms with E-state index in [4.69, 9.17) is 0 Å². The number of likely N-dealkylation sites (tertiary alicyclic amines) is 1. The smallest absolute Gasteiger partial charge is 0.320 e. The molecule has 0 radical (unpaired) electrons. The average Bonchev–Trinajstić information content (AvgIpc) is 2.30. The molecule has 0 amide bonds. The Morgan fingerprint density at radius 2 is 1.94 bits per heavy atom. The number of carboxylic acid groups (broad SMARTS) is 1. The van der Waals surface area contributed by atoms with Gasteiger partial charge in [-0.2, -0.15) is 0 Å². The van der Waals surface area contributed by atoms with Crippen LogP contribution in [0.15, 0.2) is 0 Å². The van der Waals surface area contributed by atoms with Crippen molar-refractivity contribution in [3.8, 4) is 0 Å². The van der Waals surface area contributed by atoms with Gasteiger partial charge in [-0.25, -0.2) is 0 Å². The summed E-state index contributed by atoms with van der Waals surface area (Å²) in [5, 5.41) is 19.4. The third kappa shape index (κ3) is 2.80. The Morgan fingerprint density at radius 1 is 1.24 bits per heavy atom. The minimum atomic E-state index is -0.727. The summed E-state index contributed by atoms with van der Waals surface area (Å²) in [4.78, 5) is 13.4. The highest BCUT2D eigenvalue weighted by atomic mass is 16.4. The molecule has 2 rings (SSSR count). The highest BCUT2D eigenvalue weighted by molar-refractivity contribution is 5.73. The number of hydrogen-bond donors (Lipinski definition) is 2. The van der Waals surface area contributed by atoms with Crippen LogP contribution < -0.4 is 0 Å². The summed E-state index contributed by atoms with van der Waals surface area (Å²) < 4.78 is 0. The third-order valence-corrected chi connectivity index (χ3v) is 4.31. The second kappa shape index (κ2) is 5.36. The maximum Gasteiger partial charge on any atom is 0.320 e. The monoisotopic (exact) mass is 241 g/mol. The van der Waals surface area contributed by atoms with E-state index >= 15 is 0 Å². The van der Waals surface area contributed by atoms with Gasteiger partial charge < -0.3 is 10.2 Å². The number of hydrogen-bond acceptors (Lipinski definition) is 3. The van der Waals surface area contributed by atoms with E-state index in [-0.39, 0.29) is 12.1 Å². The molecule has 0 bridgehead atoms. The van der Waals surface area contributed by atoms with Crippen molar-refractivity contribution in [2.75, 3.05) is 6.54 Å². The van der Waals surface area contributed by atoms with Crippen LogP contribution in [-0.2, 0) is 4.79 Å². The fourth-order valence-electron chi connectivity index (χ4n) is 3.28. The molecule has 1 saturated carbocycles. The van der Waals surface area contributed by atoms with Gasteiger partial charge in [0, 0.05) is 6.04 Å². The highest BCUT2D eigenvalue weighted by Crippen LogP contribution is 2.30. The molecule has 0 aromatic heterocycles. The first-order chi connectivity index (χ1) is 8.09. The Kier molecular flexibility index (Phi) is 4.05. The summed E-state index contributed by atoms with van der Waals surface area (Å²) in [6.45, 7) is 2.93. The second-order valence-corrected chi connectivity index (χ2v) is 5.64. The number of rotatable bonds is 2. The summed E-state index contributed by atoms with van der Waals surface area (Å²) in [6.07, 6.45) is 5.38. The SMILES string of the molecule is CC1CCN(C2CCCCC2O)C(C(=O)O)C1. The Balaban J connectivity index is 2.08. The van der Waals surface area contributed by atoms with Gasteiger partial charge in [0.1, 0.15) is 6.04 Å². The zero-order valence-electron chi connectivity index (χ0n) is 10.5. The fraction of sp³-hybridized carbons (Fsp3) is 0.923. The van der Waals surface area contributed by atoms with Gasteiger partial charge in [0.05, 0.1) is 6.10 Å². The van der Waals surface area contributed by atoms with Crippen molar-refractivity contribution >= 4 is 5.97 Å². The third-order valence-electron chi connectivity index (χ3n) is 4.31. The summed E-state index contributed by atoms with van der Waals surface area (Å²) in [7, 11) is 0. The van der Waals surface area contributed by atoms with Crippen LogP contribution in [0.1, 0.15) is 45.4 Å². The number of nitrogens with zero attached hydrogens (tertiary/aromatic N) is 1. The summed E-state index contributed by atoms with van der Waals surface area (Å²) >= 11 is 0. The number of piperidine rings is 1. The predicted molar refractivity (Wildman–Crippen MR) is 64.8 cm³/mol. The van der Waals surface area contributed by atoms with Crippen molar-refractivity contribution in [3.05, 3.63) is 0 Å². The lowest BCUT2D eigenvalue weighted by Gasteiger charge is -2.44. The topological polar surface area (TPSA) is 60.8 Å². The van der Waals surface area contributed by atoms with Crippen molar-refractivity contribution in [2.24, 2.45) is 5.92 Å². The van der Waals surface area contributed by atoms with Gasteiger partial charge in [-0.05, 0) is 38.1 Å². The number of aliphatic hydroxyl groups is 1. The molecule has 17 heavy (non-hydrogen) atoms. The summed E-state index contributed by atoms with van der Waals surface area (Å²) in [6, 6.07) is -0.325. The van der Waals surface area contributed by atoms with Crippen molar-refractivity contribution in [1.29, 1.82) is 0 Å². The minimum Gasteiger partial charge on any atom is -0.480 e. The first-order valence-electron chi connectivity index (χ1n) is 6.76. The van der Waals surface area contributed by atoms with Gasteiger partial charge in [0.25, 0.3) is 0 Å². The standard InChI is InChI=1S/C13H23NO3/c1-9-6-7-14(11(8-9)13(16)17)10-4-2-3-5-12(10)15/h9-12,15H,2-8H2,1H3,(H,16,17). The van der Waals surface area contributed by atoms with E-state index in [9.17, 15) is 15.0 Å². The van der Waals surface area contributed by atoms with Crippen molar-refractivity contribution in [3.63, 3.8) is 0 Å². The maximum absolute atomic E-state index is 11.3. The Hall–Kier alpha value is -0.610. The molecule has 2 fully saturated rings. The lowest BCUT2D eigenvalue weighted by Crippen LogP contribution is -2.56. The fourth-order valence-corrected chi connectivity index (χ4v) is 3.28. The molecule has 0 aromatic carbocycles. The van der Waals surface area contributed by atoms with Crippen molar-refractivity contribution in [2.45, 2.75) is 63.6 Å². The van der Waals surface area contributed by atoms with Gasteiger partial charge in [-0.3, -0.25) is 9.69 Å². The Morgan fingerprint density at radius 3 is 2.59 bits per heavy atom. The van der Waals surface area contributed by atoms with E-state index in [1.807, 2.05) is 4.90 Å². The molecule has 98 valence electrons. The largest absolute Gasteiger partial charge is 0.480 e. The molecule has 4 unspecified atom stereocenters. The van der Waals surface area contributed by atoms with Crippen LogP contribution in [0.3, 0.4) is 0 Å². The normalized spacial score (nSPS) is 40.1. The van der Waals surface area contributed by atoms with Gasteiger partial charge in [0.15, 0.2) is 0 Å². The van der Waals surface area contributed by atoms with Crippen LogP contribution in [0.2, 0.25) is 0 Å². The quantitative estimate of drug-likeness (QED) is 0.768. The first-order valence-corrected chi connectivity index (χ1v) is 6.76. The van der Waals surface area contributed by atoms with E-state index in [0.29, 0.717) is 5.92 Å². The van der Waals surface area contributed by atoms with Gasteiger partial charge in [0.2, 0.25) is 0 Å². The molecule has 0 aromatic rings. The Bertz CT molecular complexity index is 282. The Labute approximate surface area is 103 Å². The lowest BCUT2D eigenvalue weighted by atomic mass is 9.85. The van der Waals surface area contributed by atoms with E-state index < -0.39 is 12.0 Å². The first kappa shape index (κ1) is 12.8. The molecule has 1 aliphatic carbocycles. The van der Waals surface area contributed by atoms with Crippen LogP contribution in [0.25, 0.3) is 0 Å². The number of aliphatic hydroxyl groups excluding tert-OH is 1. The average molecular weight is 241 g/mol. The van der Waals surface area contributed by atoms with E-state index in [0.717, 1.165) is 45.1 Å². The minimum absolute atomic E-state index is 0.0670. The predicted octanol–water partition coefficient (Wildman–Crippen LogP) is 1.47. The highest BCUT2D eigenvalue weighted by Gasteiger charge is 2.39. The molecule has 4 heteroatoms. The van der Waals surface area contributed by atoms with Crippen LogP contribution in [-0.4, -0.2) is 45.8 Å². The second-order valence-electron chi connectivity index (χ2n) is 5.64. The van der Waals surface area contributed by atoms with Gasteiger partial charge in [-0.1, -0.05) is 19.8 Å². The molecule has 0 spiro atoms. The van der Waals surface area contributed by atoms with Crippen molar-refractivity contribution in [1.82, 2.24) is 4.90 Å². The number of carboxylic acids is 1. The molecule has 2 N–H and O–H groups in total. The molecule has 1 heterocycles. The molecule has 4 atom stereocenters. The molecule has 1 saturated heterocycles. The number of carbonyl (C=O) groups is 1. The lowest BCUT2D eigenvalue weighted by molar-refractivity contribution is -0.148. The van der Waals surface area contributed by atoms with Crippen LogP contribution >= 0.6 is 0 Å². The molecular weight excluding hydrogens is 218 g/mol. The van der Waals surface area contributed by atoms with Crippen molar-refractivity contribution < 1.29 is 15.0 Å². The van der Waals surface area contributed by atoms with Crippen LogP contribution in [0.5, 0.6) is 0 Å².